The second-order valence-electron chi connectivity index (χ2n) is 6.56. The van der Waals surface area contributed by atoms with Gasteiger partial charge in [0.15, 0.2) is 0 Å². The van der Waals surface area contributed by atoms with Gasteiger partial charge < -0.3 is 14.8 Å². The minimum Gasteiger partial charge on any atom is -0.478 e. The van der Waals surface area contributed by atoms with Crippen LogP contribution in [0.4, 0.5) is 4.79 Å². The van der Waals surface area contributed by atoms with E-state index in [-0.39, 0.29) is 22.9 Å². The molecule has 2 aromatic rings. The maximum Gasteiger partial charge on any atom is 0.335 e. The van der Waals surface area contributed by atoms with Crippen LogP contribution in [0.1, 0.15) is 35.9 Å². The van der Waals surface area contributed by atoms with E-state index in [1.54, 1.807) is 24.3 Å². The number of carboxylic acids is 1. The zero-order chi connectivity index (χ0) is 21.7. The average molecular weight is 428 g/mol. The van der Waals surface area contributed by atoms with Crippen molar-refractivity contribution in [3.63, 3.8) is 0 Å². The molecule has 0 aliphatic carbocycles. The van der Waals surface area contributed by atoms with Crippen molar-refractivity contribution < 1.29 is 28.7 Å². The zero-order valence-corrected chi connectivity index (χ0v) is 17.0. The first kappa shape index (κ1) is 21.4. The average Bonchev–Trinajstić information content (AvgIpc) is 3.29. The summed E-state index contributed by atoms with van der Waals surface area (Å²) in [6.45, 7) is 2.17. The molecule has 0 radical (unpaired) electrons. The second-order valence-corrected chi connectivity index (χ2v) is 7.55. The van der Waals surface area contributed by atoms with E-state index in [1.807, 2.05) is 6.92 Å². The highest BCUT2D eigenvalue weighted by molar-refractivity contribution is 8.18. The minimum absolute atomic E-state index is 0.129. The highest BCUT2D eigenvalue weighted by Crippen LogP contribution is 2.33. The fourth-order valence-corrected chi connectivity index (χ4v) is 3.58. The molecule has 9 heteroatoms. The first-order valence-corrected chi connectivity index (χ1v) is 10.2. The van der Waals surface area contributed by atoms with Crippen LogP contribution in [0.5, 0.6) is 0 Å². The summed E-state index contributed by atoms with van der Waals surface area (Å²) in [4.78, 5) is 48.7. The molecule has 0 saturated carbocycles. The molecule has 0 atom stereocenters. The Morgan fingerprint density at radius 2 is 2.03 bits per heavy atom. The maximum absolute atomic E-state index is 12.5. The van der Waals surface area contributed by atoms with Crippen LogP contribution in [0.2, 0.25) is 0 Å². The second kappa shape index (κ2) is 9.45. The highest BCUT2D eigenvalue weighted by atomic mass is 32.2. The summed E-state index contributed by atoms with van der Waals surface area (Å²) in [5.41, 5.74) is 0.704. The molecule has 0 bridgehead atoms. The lowest BCUT2D eigenvalue weighted by atomic mass is 10.1. The molecular weight excluding hydrogens is 408 g/mol. The van der Waals surface area contributed by atoms with Crippen molar-refractivity contribution in [2.75, 3.05) is 13.1 Å². The van der Waals surface area contributed by atoms with Crippen LogP contribution in [-0.4, -0.2) is 46.1 Å². The Balaban J connectivity index is 1.71. The summed E-state index contributed by atoms with van der Waals surface area (Å²) in [5, 5.41) is 11.3. The van der Waals surface area contributed by atoms with Crippen molar-refractivity contribution in [1.82, 2.24) is 10.2 Å². The van der Waals surface area contributed by atoms with Gasteiger partial charge in [0.1, 0.15) is 18.1 Å². The van der Waals surface area contributed by atoms with Crippen LogP contribution in [-0.2, 0) is 9.59 Å². The molecule has 0 unspecified atom stereocenters. The maximum atomic E-state index is 12.5. The molecule has 1 aliphatic rings. The van der Waals surface area contributed by atoms with Gasteiger partial charge in [-0.3, -0.25) is 19.3 Å². The van der Waals surface area contributed by atoms with E-state index in [0.717, 1.165) is 29.5 Å². The molecule has 1 aromatic heterocycles. The van der Waals surface area contributed by atoms with Gasteiger partial charge in [0.2, 0.25) is 5.91 Å². The van der Waals surface area contributed by atoms with Gasteiger partial charge in [-0.25, -0.2) is 4.79 Å². The van der Waals surface area contributed by atoms with Crippen LogP contribution in [0, 0.1) is 0 Å². The van der Waals surface area contributed by atoms with E-state index in [1.165, 1.54) is 18.2 Å². The van der Waals surface area contributed by atoms with E-state index in [9.17, 15) is 19.2 Å². The number of hydrogen-bond donors (Lipinski definition) is 2. The van der Waals surface area contributed by atoms with Gasteiger partial charge in [0.25, 0.3) is 11.1 Å². The molecule has 156 valence electrons. The molecule has 8 nitrogen and oxygen atoms in total. The zero-order valence-electron chi connectivity index (χ0n) is 16.2. The van der Waals surface area contributed by atoms with Crippen LogP contribution in [0.15, 0.2) is 45.7 Å². The molecule has 2 N–H and O–H groups in total. The number of unbranched alkanes of at least 4 members (excludes halogenated alkanes) is 1. The molecule has 1 aliphatic heterocycles. The lowest BCUT2D eigenvalue weighted by Crippen LogP contribution is -2.39. The van der Waals surface area contributed by atoms with Gasteiger partial charge in [0.05, 0.1) is 10.5 Å². The minimum atomic E-state index is -1.05. The molecule has 0 spiro atoms. The Morgan fingerprint density at radius 3 is 2.77 bits per heavy atom. The number of hydrogen-bond acceptors (Lipinski definition) is 6. The molecule has 2 heterocycles. The quantitative estimate of drug-likeness (QED) is 0.487. The number of aromatic carboxylic acids is 1. The van der Waals surface area contributed by atoms with Crippen molar-refractivity contribution in [2.45, 2.75) is 19.8 Å². The molecule has 3 amide bonds. The smallest absolute Gasteiger partial charge is 0.335 e. The number of furan rings is 1. The lowest BCUT2D eigenvalue weighted by molar-refractivity contribution is -0.129. The van der Waals surface area contributed by atoms with Crippen molar-refractivity contribution >= 4 is 40.9 Å². The third-order valence-electron chi connectivity index (χ3n) is 4.32. The third kappa shape index (κ3) is 4.98. The standard InChI is InChI=1S/C21H20N2O6S/c1-2-3-9-22-18(24)12-23-19(25)17(30-21(23)28)11-15-7-8-16(29-15)13-5-4-6-14(10-13)20(26)27/h4-8,10-11H,2-3,9,12H2,1H3,(H,22,24)(H,26,27)/b17-11-. The number of carbonyl (C=O) groups excluding carboxylic acids is 3. The third-order valence-corrected chi connectivity index (χ3v) is 5.23. The van der Waals surface area contributed by atoms with E-state index in [4.69, 9.17) is 9.52 Å². The number of thioether (sulfide) groups is 1. The van der Waals surface area contributed by atoms with Gasteiger partial charge in [-0.05, 0) is 42.4 Å². The number of amides is 3. The number of rotatable bonds is 8. The monoisotopic (exact) mass is 428 g/mol. The summed E-state index contributed by atoms with van der Waals surface area (Å²) < 4.78 is 5.69. The van der Waals surface area contributed by atoms with Crippen molar-refractivity contribution in [3.05, 3.63) is 52.6 Å². The largest absolute Gasteiger partial charge is 0.478 e. The Bertz CT molecular complexity index is 1030. The predicted molar refractivity (Wildman–Crippen MR) is 112 cm³/mol. The first-order chi connectivity index (χ1) is 14.4. The van der Waals surface area contributed by atoms with E-state index in [2.05, 4.69) is 5.32 Å². The van der Waals surface area contributed by atoms with E-state index >= 15 is 0 Å². The number of nitrogens with one attached hydrogen (secondary N) is 1. The van der Waals surface area contributed by atoms with Gasteiger partial charge in [0, 0.05) is 18.2 Å². The molecule has 1 saturated heterocycles. The van der Waals surface area contributed by atoms with Crippen LogP contribution >= 0.6 is 11.8 Å². The van der Waals surface area contributed by atoms with Gasteiger partial charge >= 0.3 is 5.97 Å². The molecule has 3 rings (SSSR count). The SMILES string of the molecule is CCCCNC(=O)CN1C(=O)S/C(=C\c2ccc(-c3cccc(C(=O)O)c3)o2)C1=O. The van der Waals surface area contributed by atoms with Gasteiger partial charge in [-0.1, -0.05) is 25.5 Å². The van der Waals surface area contributed by atoms with Gasteiger partial charge in [-0.15, -0.1) is 0 Å². The lowest BCUT2D eigenvalue weighted by Gasteiger charge is -2.12. The Hall–Kier alpha value is -3.33. The number of carboxylic acid groups (broad SMARTS) is 1. The van der Waals surface area contributed by atoms with Crippen molar-refractivity contribution in [1.29, 1.82) is 0 Å². The van der Waals surface area contributed by atoms with Crippen molar-refractivity contribution in [2.24, 2.45) is 0 Å². The van der Waals surface area contributed by atoms with Crippen molar-refractivity contribution in [3.8, 4) is 11.3 Å². The molecular formula is C21H20N2O6S. The number of benzene rings is 1. The summed E-state index contributed by atoms with van der Waals surface area (Å²) in [5.74, 6) is -1.22. The summed E-state index contributed by atoms with van der Waals surface area (Å²) in [6.07, 6.45) is 3.19. The topological polar surface area (TPSA) is 117 Å². The van der Waals surface area contributed by atoms with Crippen LogP contribution in [0.25, 0.3) is 17.4 Å². The fourth-order valence-electron chi connectivity index (χ4n) is 2.76. The van der Waals surface area contributed by atoms with Crippen LogP contribution < -0.4 is 5.32 Å². The van der Waals surface area contributed by atoms with E-state index in [0.29, 0.717) is 23.6 Å². The van der Waals surface area contributed by atoms with Crippen LogP contribution in [0.3, 0.4) is 0 Å². The van der Waals surface area contributed by atoms with Gasteiger partial charge in [-0.2, -0.15) is 0 Å². The normalized spacial score (nSPS) is 15.1. The highest BCUT2D eigenvalue weighted by Gasteiger charge is 2.36. The molecule has 30 heavy (non-hydrogen) atoms. The Kier molecular flexibility index (Phi) is 6.73. The molecule has 1 fully saturated rings. The number of nitrogens with zero attached hydrogens (tertiary/aromatic N) is 1. The molecule has 1 aromatic carbocycles. The number of carbonyl (C=O) groups is 4. The predicted octanol–water partition coefficient (Wildman–Crippen LogP) is 3.60. The Morgan fingerprint density at radius 1 is 1.23 bits per heavy atom. The van der Waals surface area contributed by atoms with E-state index < -0.39 is 17.1 Å². The Labute approximate surface area is 176 Å². The number of imide groups is 1. The summed E-state index contributed by atoms with van der Waals surface area (Å²) in [6, 6.07) is 9.55. The summed E-state index contributed by atoms with van der Waals surface area (Å²) in [7, 11) is 0. The fraction of sp³-hybridized carbons (Fsp3) is 0.238. The first-order valence-electron chi connectivity index (χ1n) is 9.34. The summed E-state index contributed by atoms with van der Waals surface area (Å²) >= 11 is 0.739.